The molecule has 0 spiro atoms. The predicted molar refractivity (Wildman–Crippen MR) is 53.4 cm³/mol. The molecule has 1 unspecified atom stereocenters. The largest absolute Gasteiger partial charge is 0.342 e. The van der Waals surface area contributed by atoms with Crippen LogP contribution in [-0.4, -0.2) is 36.5 Å². The first-order chi connectivity index (χ1) is 7.27. The van der Waals surface area contributed by atoms with Gasteiger partial charge in [0.25, 0.3) is 0 Å². The zero-order chi connectivity index (χ0) is 11.1. The van der Waals surface area contributed by atoms with Crippen LogP contribution in [0.25, 0.3) is 0 Å². The number of hydrogen-bond acceptors (Lipinski definition) is 4. The molecule has 0 radical (unpaired) electrons. The molecule has 1 fully saturated rings. The van der Waals surface area contributed by atoms with Gasteiger partial charge in [0, 0.05) is 0 Å². The van der Waals surface area contributed by atoms with E-state index in [-0.39, 0.29) is 25.0 Å². The quantitative estimate of drug-likeness (QED) is 0.659. The monoisotopic (exact) mass is 206 g/mol. The molecule has 0 aliphatic carbocycles. The highest BCUT2D eigenvalue weighted by molar-refractivity contribution is 5.78. The molecular weight excluding hydrogens is 192 g/mol. The maximum absolute atomic E-state index is 11.3. The second kappa shape index (κ2) is 6.00. The number of nitrogens with zero attached hydrogens (tertiary/aromatic N) is 3. The molecule has 15 heavy (non-hydrogen) atoms. The van der Waals surface area contributed by atoms with Gasteiger partial charge in [-0.2, -0.15) is 10.5 Å². The molecule has 0 saturated carbocycles. The third-order valence-corrected chi connectivity index (χ3v) is 2.47. The van der Waals surface area contributed by atoms with Crippen molar-refractivity contribution in [1.29, 1.82) is 10.5 Å². The van der Waals surface area contributed by atoms with Gasteiger partial charge in [0.2, 0.25) is 5.91 Å². The molecule has 80 valence electrons. The Bertz CT molecular complexity index is 302. The van der Waals surface area contributed by atoms with E-state index in [9.17, 15) is 4.79 Å². The first-order valence-electron chi connectivity index (χ1n) is 5.05. The van der Waals surface area contributed by atoms with Crippen LogP contribution in [0.15, 0.2) is 0 Å². The molecular formula is C10H14N4O. The first kappa shape index (κ1) is 11.5. The summed E-state index contributed by atoms with van der Waals surface area (Å²) in [6.07, 6.45) is 2.92. The second-order valence-electron chi connectivity index (χ2n) is 3.55. The van der Waals surface area contributed by atoms with Crippen molar-refractivity contribution in [3.63, 3.8) is 0 Å². The number of carbonyl (C=O) groups is 1. The number of nitriles is 2. The van der Waals surface area contributed by atoms with Crippen molar-refractivity contribution >= 4 is 5.91 Å². The standard InChI is InChI=1S/C10H14N4O/c11-4-5-13-10(15)8-14-6-2-1-3-9(14)7-12/h9H,1-3,5-6,8H2,(H,13,15). The van der Waals surface area contributed by atoms with Gasteiger partial charge in [-0.3, -0.25) is 9.69 Å². The molecule has 1 heterocycles. The summed E-state index contributed by atoms with van der Waals surface area (Å²) in [4.78, 5) is 13.2. The smallest absolute Gasteiger partial charge is 0.235 e. The molecule has 1 saturated heterocycles. The summed E-state index contributed by atoms with van der Waals surface area (Å²) >= 11 is 0. The van der Waals surface area contributed by atoms with Crippen LogP contribution >= 0.6 is 0 Å². The topological polar surface area (TPSA) is 79.9 Å². The Morgan fingerprint density at radius 2 is 2.27 bits per heavy atom. The van der Waals surface area contributed by atoms with E-state index < -0.39 is 0 Å². The summed E-state index contributed by atoms with van der Waals surface area (Å²) in [7, 11) is 0. The summed E-state index contributed by atoms with van der Waals surface area (Å²) in [5, 5.41) is 19.6. The molecule has 1 aliphatic rings. The lowest BCUT2D eigenvalue weighted by Crippen LogP contribution is -2.45. The Labute approximate surface area is 89.3 Å². The summed E-state index contributed by atoms with van der Waals surface area (Å²) in [5.41, 5.74) is 0. The van der Waals surface area contributed by atoms with Crippen LogP contribution in [0.1, 0.15) is 19.3 Å². The summed E-state index contributed by atoms with van der Waals surface area (Å²) in [6.45, 7) is 1.04. The fraction of sp³-hybridized carbons (Fsp3) is 0.700. The van der Waals surface area contributed by atoms with Gasteiger partial charge in [-0.15, -0.1) is 0 Å². The maximum atomic E-state index is 11.3. The predicted octanol–water partition coefficient (Wildman–Crippen LogP) is 0.00426. The maximum Gasteiger partial charge on any atom is 0.235 e. The average molecular weight is 206 g/mol. The number of amides is 1. The van der Waals surface area contributed by atoms with E-state index >= 15 is 0 Å². The van der Waals surface area contributed by atoms with Crippen LogP contribution in [0, 0.1) is 22.7 Å². The van der Waals surface area contributed by atoms with Gasteiger partial charge in [-0.05, 0) is 25.8 Å². The Hall–Kier alpha value is -1.59. The first-order valence-corrected chi connectivity index (χ1v) is 5.05. The molecule has 1 atom stereocenters. The number of piperidine rings is 1. The lowest BCUT2D eigenvalue weighted by molar-refractivity contribution is -0.122. The fourth-order valence-electron chi connectivity index (χ4n) is 1.70. The van der Waals surface area contributed by atoms with Gasteiger partial charge >= 0.3 is 0 Å². The molecule has 1 rings (SSSR count). The van der Waals surface area contributed by atoms with Crippen molar-refractivity contribution in [3.8, 4) is 12.1 Å². The number of hydrogen-bond donors (Lipinski definition) is 1. The summed E-state index contributed by atoms with van der Waals surface area (Å²) in [5.74, 6) is -0.182. The molecule has 1 N–H and O–H groups in total. The van der Waals surface area contributed by atoms with E-state index in [0.717, 1.165) is 25.8 Å². The van der Waals surface area contributed by atoms with Crippen molar-refractivity contribution in [1.82, 2.24) is 10.2 Å². The highest BCUT2D eigenvalue weighted by Gasteiger charge is 2.23. The SMILES string of the molecule is N#CCNC(=O)CN1CCCCC1C#N. The van der Waals surface area contributed by atoms with E-state index in [1.807, 2.05) is 11.0 Å². The van der Waals surface area contributed by atoms with Crippen LogP contribution < -0.4 is 5.32 Å². The van der Waals surface area contributed by atoms with E-state index in [1.54, 1.807) is 0 Å². The van der Waals surface area contributed by atoms with Gasteiger partial charge in [0.15, 0.2) is 0 Å². The van der Waals surface area contributed by atoms with Crippen LogP contribution in [0.3, 0.4) is 0 Å². The third-order valence-electron chi connectivity index (χ3n) is 2.47. The average Bonchev–Trinajstić information content (AvgIpc) is 2.27. The molecule has 0 aromatic rings. The lowest BCUT2D eigenvalue weighted by atomic mass is 10.0. The van der Waals surface area contributed by atoms with Gasteiger partial charge in [-0.1, -0.05) is 0 Å². The molecule has 1 aliphatic heterocycles. The van der Waals surface area contributed by atoms with Crippen molar-refractivity contribution < 1.29 is 4.79 Å². The molecule has 5 nitrogen and oxygen atoms in total. The Balaban J connectivity index is 2.39. The van der Waals surface area contributed by atoms with Gasteiger partial charge < -0.3 is 5.32 Å². The Morgan fingerprint density at radius 1 is 1.47 bits per heavy atom. The number of rotatable bonds is 3. The van der Waals surface area contributed by atoms with Crippen molar-refractivity contribution in [2.24, 2.45) is 0 Å². The summed E-state index contributed by atoms with van der Waals surface area (Å²) in [6, 6.07) is 3.90. The van der Waals surface area contributed by atoms with Crippen molar-refractivity contribution in [3.05, 3.63) is 0 Å². The highest BCUT2D eigenvalue weighted by Crippen LogP contribution is 2.15. The second-order valence-corrected chi connectivity index (χ2v) is 3.55. The third kappa shape index (κ3) is 3.57. The van der Waals surface area contributed by atoms with E-state index in [0.29, 0.717) is 0 Å². The van der Waals surface area contributed by atoms with Gasteiger partial charge in [-0.25, -0.2) is 0 Å². The zero-order valence-electron chi connectivity index (χ0n) is 8.57. The molecule has 1 amide bonds. The number of likely N-dealkylation sites (tertiary alicyclic amines) is 1. The normalized spacial score (nSPS) is 21.3. The Kier molecular flexibility index (Phi) is 4.59. The van der Waals surface area contributed by atoms with Crippen molar-refractivity contribution in [2.75, 3.05) is 19.6 Å². The molecule has 0 aromatic carbocycles. The van der Waals surface area contributed by atoms with Crippen molar-refractivity contribution in [2.45, 2.75) is 25.3 Å². The Morgan fingerprint density at radius 3 is 2.93 bits per heavy atom. The summed E-state index contributed by atoms with van der Waals surface area (Å²) < 4.78 is 0. The molecule has 5 heteroatoms. The van der Waals surface area contributed by atoms with Crippen LogP contribution in [0.4, 0.5) is 0 Å². The molecule has 0 bridgehead atoms. The minimum absolute atomic E-state index is 0.0316. The fourth-order valence-corrected chi connectivity index (χ4v) is 1.70. The van der Waals surface area contributed by atoms with Gasteiger partial charge in [0.05, 0.1) is 24.7 Å². The van der Waals surface area contributed by atoms with Crippen LogP contribution in [0.2, 0.25) is 0 Å². The minimum Gasteiger partial charge on any atom is -0.342 e. The molecule has 0 aromatic heterocycles. The number of carbonyl (C=O) groups excluding carboxylic acids is 1. The van der Waals surface area contributed by atoms with E-state index in [1.165, 1.54) is 0 Å². The minimum atomic E-state index is -0.182. The van der Waals surface area contributed by atoms with Gasteiger partial charge in [0.1, 0.15) is 6.54 Å². The van der Waals surface area contributed by atoms with E-state index in [4.69, 9.17) is 10.5 Å². The van der Waals surface area contributed by atoms with E-state index in [2.05, 4.69) is 11.4 Å². The zero-order valence-corrected chi connectivity index (χ0v) is 8.57. The number of nitrogens with one attached hydrogen (secondary N) is 1. The van der Waals surface area contributed by atoms with Crippen LogP contribution in [-0.2, 0) is 4.79 Å². The lowest BCUT2D eigenvalue weighted by Gasteiger charge is -2.30. The van der Waals surface area contributed by atoms with Crippen LogP contribution in [0.5, 0.6) is 0 Å². The highest BCUT2D eigenvalue weighted by atomic mass is 16.2.